The van der Waals surface area contributed by atoms with Gasteiger partial charge in [-0.3, -0.25) is 0 Å². The van der Waals surface area contributed by atoms with E-state index in [9.17, 15) is 5.11 Å². The number of phenolic OH excluding ortho intramolecular Hbond substituents is 1. The molecule has 0 amide bonds. The molecule has 2 N–H and O–H groups in total. The van der Waals surface area contributed by atoms with Crippen LogP contribution in [-0.2, 0) is 6.42 Å². The summed E-state index contributed by atoms with van der Waals surface area (Å²) in [4.78, 5) is 0. The molecular weight excluding hydrogens is 242 g/mol. The fourth-order valence-electron chi connectivity index (χ4n) is 2.79. The Labute approximate surface area is 113 Å². The molecule has 1 saturated heterocycles. The smallest absolute Gasteiger partial charge is 0.203 e. The Morgan fingerprint density at radius 3 is 2.89 bits per heavy atom. The molecule has 4 nitrogen and oxygen atoms in total. The summed E-state index contributed by atoms with van der Waals surface area (Å²) in [6.45, 7) is 2.33. The number of fused-ring (bicyclic) bond motifs is 1. The number of ether oxygens (including phenoxy) is 2. The molecule has 1 fully saturated rings. The van der Waals surface area contributed by atoms with Gasteiger partial charge < -0.3 is 19.9 Å². The molecule has 4 heteroatoms. The second kappa shape index (κ2) is 5.70. The van der Waals surface area contributed by atoms with Gasteiger partial charge in [0.05, 0.1) is 13.2 Å². The molecule has 3 rings (SSSR count). The third-order valence-corrected chi connectivity index (χ3v) is 3.85. The van der Waals surface area contributed by atoms with Gasteiger partial charge in [0.15, 0.2) is 11.5 Å². The highest BCUT2D eigenvalue weighted by atomic mass is 16.5. The zero-order valence-electron chi connectivity index (χ0n) is 11.2. The molecule has 0 radical (unpaired) electrons. The lowest BCUT2D eigenvalue weighted by molar-refractivity contribution is 0.290. The van der Waals surface area contributed by atoms with Gasteiger partial charge >= 0.3 is 0 Å². The van der Waals surface area contributed by atoms with Crippen molar-refractivity contribution in [3.05, 3.63) is 17.7 Å². The van der Waals surface area contributed by atoms with Crippen molar-refractivity contribution in [1.82, 2.24) is 5.32 Å². The molecule has 19 heavy (non-hydrogen) atoms. The van der Waals surface area contributed by atoms with Crippen LogP contribution in [0.4, 0.5) is 0 Å². The summed E-state index contributed by atoms with van der Waals surface area (Å²) in [5.74, 6) is 1.44. The van der Waals surface area contributed by atoms with Crippen molar-refractivity contribution >= 4 is 0 Å². The quantitative estimate of drug-likeness (QED) is 0.859. The predicted molar refractivity (Wildman–Crippen MR) is 73.1 cm³/mol. The van der Waals surface area contributed by atoms with Gasteiger partial charge in [0.1, 0.15) is 0 Å². The normalized spacial score (nSPS) is 22.8. The fourth-order valence-corrected chi connectivity index (χ4v) is 2.79. The number of hydrogen-bond donors (Lipinski definition) is 2. The number of piperidine rings is 1. The predicted octanol–water partition coefficient (Wildman–Crippen LogP) is 2.24. The van der Waals surface area contributed by atoms with Gasteiger partial charge in [-0.2, -0.15) is 0 Å². The van der Waals surface area contributed by atoms with Gasteiger partial charge in [0, 0.05) is 12.5 Å². The lowest BCUT2D eigenvalue weighted by atomic mass is 9.97. The molecule has 0 aromatic heterocycles. The zero-order valence-corrected chi connectivity index (χ0v) is 11.2. The summed E-state index contributed by atoms with van der Waals surface area (Å²) in [5.41, 5.74) is 0.948. The van der Waals surface area contributed by atoms with E-state index in [0.717, 1.165) is 24.9 Å². The second-order valence-electron chi connectivity index (χ2n) is 5.30. The molecular formula is C15H21NO3. The molecule has 0 saturated carbocycles. The molecule has 1 aromatic rings. The number of nitrogens with one attached hydrogen (secondary N) is 1. The van der Waals surface area contributed by atoms with Crippen LogP contribution in [0.3, 0.4) is 0 Å². The standard InChI is InChI=1S/C15H21NO3/c17-14-11(10-12-4-1-2-7-16-12)5-6-13-15(14)19-9-3-8-18-13/h5-6,12,16-17H,1-4,7-10H2. The van der Waals surface area contributed by atoms with E-state index in [1.165, 1.54) is 19.3 Å². The van der Waals surface area contributed by atoms with Crippen molar-refractivity contribution < 1.29 is 14.6 Å². The first-order valence-electron chi connectivity index (χ1n) is 7.18. The highest BCUT2D eigenvalue weighted by molar-refractivity contribution is 5.55. The van der Waals surface area contributed by atoms with E-state index in [1.807, 2.05) is 12.1 Å². The zero-order chi connectivity index (χ0) is 13.1. The average molecular weight is 263 g/mol. The van der Waals surface area contributed by atoms with Crippen molar-refractivity contribution in [2.24, 2.45) is 0 Å². The highest BCUT2D eigenvalue weighted by Crippen LogP contribution is 2.41. The Bertz CT molecular complexity index is 441. The van der Waals surface area contributed by atoms with Crippen molar-refractivity contribution in [2.75, 3.05) is 19.8 Å². The van der Waals surface area contributed by atoms with Gasteiger partial charge in [-0.25, -0.2) is 0 Å². The van der Waals surface area contributed by atoms with Crippen LogP contribution in [0.5, 0.6) is 17.2 Å². The minimum Gasteiger partial charge on any atom is -0.504 e. The molecule has 1 aromatic carbocycles. The van der Waals surface area contributed by atoms with E-state index in [4.69, 9.17) is 9.47 Å². The van der Waals surface area contributed by atoms with E-state index in [1.54, 1.807) is 0 Å². The van der Waals surface area contributed by atoms with Crippen LogP contribution in [0.2, 0.25) is 0 Å². The highest BCUT2D eigenvalue weighted by Gasteiger charge is 2.20. The maximum atomic E-state index is 10.4. The molecule has 1 atom stereocenters. The molecule has 104 valence electrons. The second-order valence-corrected chi connectivity index (χ2v) is 5.30. The van der Waals surface area contributed by atoms with Crippen LogP contribution in [-0.4, -0.2) is 30.9 Å². The molecule has 2 aliphatic rings. The van der Waals surface area contributed by atoms with Crippen molar-refractivity contribution in [3.63, 3.8) is 0 Å². The monoisotopic (exact) mass is 263 g/mol. The largest absolute Gasteiger partial charge is 0.504 e. The first-order valence-corrected chi connectivity index (χ1v) is 7.18. The van der Waals surface area contributed by atoms with Gasteiger partial charge in [0.2, 0.25) is 5.75 Å². The Balaban J connectivity index is 1.80. The van der Waals surface area contributed by atoms with Crippen LogP contribution in [0.15, 0.2) is 12.1 Å². The number of aromatic hydroxyl groups is 1. The molecule has 0 spiro atoms. The Morgan fingerprint density at radius 2 is 2.05 bits per heavy atom. The number of benzene rings is 1. The summed E-state index contributed by atoms with van der Waals surface area (Å²) < 4.78 is 11.2. The first-order chi connectivity index (χ1) is 9.34. The van der Waals surface area contributed by atoms with E-state index in [-0.39, 0.29) is 5.75 Å². The molecule has 2 heterocycles. The molecule has 2 aliphatic heterocycles. The van der Waals surface area contributed by atoms with Gasteiger partial charge in [-0.05, 0) is 37.4 Å². The first kappa shape index (κ1) is 12.6. The summed E-state index contributed by atoms with van der Waals surface area (Å²) >= 11 is 0. The number of hydrogen-bond acceptors (Lipinski definition) is 4. The van der Waals surface area contributed by atoms with Gasteiger partial charge in [-0.1, -0.05) is 12.5 Å². The lowest BCUT2D eigenvalue weighted by Crippen LogP contribution is -2.35. The van der Waals surface area contributed by atoms with Crippen molar-refractivity contribution in [3.8, 4) is 17.2 Å². The van der Waals surface area contributed by atoms with Crippen LogP contribution in [0.25, 0.3) is 0 Å². The van der Waals surface area contributed by atoms with Crippen LogP contribution < -0.4 is 14.8 Å². The Kier molecular flexibility index (Phi) is 3.78. The minimum absolute atomic E-state index is 0.256. The van der Waals surface area contributed by atoms with Gasteiger partial charge in [0.25, 0.3) is 0 Å². The molecule has 1 unspecified atom stereocenters. The maximum Gasteiger partial charge on any atom is 0.203 e. The topological polar surface area (TPSA) is 50.7 Å². The molecule has 0 bridgehead atoms. The van der Waals surface area contributed by atoms with E-state index >= 15 is 0 Å². The Morgan fingerprint density at radius 1 is 1.16 bits per heavy atom. The van der Waals surface area contributed by atoms with Crippen LogP contribution >= 0.6 is 0 Å². The van der Waals surface area contributed by atoms with Crippen LogP contribution in [0.1, 0.15) is 31.2 Å². The number of rotatable bonds is 2. The maximum absolute atomic E-state index is 10.4. The summed E-state index contributed by atoms with van der Waals surface area (Å²) in [5, 5.41) is 13.9. The van der Waals surface area contributed by atoms with E-state index in [2.05, 4.69) is 5.32 Å². The Hall–Kier alpha value is -1.42. The summed E-state index contributed by atoms with van der Waals surface area (Å²) in [6, 6.07) is 4.34. The molecule has 0 aliphatic carbocycles. The van der Waals surface area contributed by atoms with E-state index in [0.29, 0.717) is 30.8 Å². The van der Waals surface area contributed by atoms with Crippen molar-refractivity contribution in [2.45, 2.75) is 38.1 Å². The third kappa shape index (κ3) is 2.78. The lowest BCUT2D eigenvalue weighted by Gasteiger charge is -2.24. The number of phenols is 1. The fraction of sp³-hybridized carbons (Fsp3) is 0.600. The van der Waals surface area contributed by atoms with Crippen molar-refractivity contribution in [1.29, 1.82) is 0 Å². The van der Waals surface area contributed by atoms with Crippen LogP contribution in [0, 0.1) is 0 Å². The minimum atomic E-state index is 0.256. The average Bonchev–Trinajstić information content (AvgIpc) is 2.69. The summed E-state index contributed by atoms with van der Waals surface area (Å²) in [7, 11) is 0. The van der Waals surface area contributed by atoms with E-state index < -0.39 is 0 Å². The SMILES string of the molecule is Oc1c(CC2CCCCN2)ccc2c1OCCCO2. The third-order valence-electron chi connectivity index (χ3n) is 3.85. The van der Waals surface area contributed by atoms with Gasteiger partial charge in [-0.15, -0.1) is 0 Å². The summed E-state index contributed by atoms with van der Waals surface area (Å²) in [6.07, 6.45) is 5.40.